The summed E-state index contributed by atoms with van der Waals surface area (Å²) in [6, 6.07) is 14.5. The number of nitrogens with zero attached hydrogens (tertiary/aromatic N) is 2. The average Bonchev–Trinajstić information content (AvgIpc) is 3.08. The molecule has 6 nitrogen and oxygen atoms in total. The van der Waals surface area contributed by atoms with Gasteiger partial charge in [0.05, 0.1) is 23.2 Å². The quantitative estimate of drug-likeness (QED) is 0.497. The van der Waals surface area contributed by atoms with Crippen LogP contribution in [0.3, 0.4) is 0 Å². The van der Waals surface area contributed by atoms with Gasteiger partial charge < -0.3 is 13.8 Å². The van der Waals surface area contributed by atoms with E-state index in [-0.39, 0.29) is 11.3 Å². The van der Waals surface area contributed by atoms with Crippen LogP contribution in [0, 0.1) is 20.8 Å². The molecule has 0 saturated heterocycles. The summed E-state index contributed by atoms with van der Waals surface area (Å²) in [5.41, 5.74) is 3.42. The summed E-state index contributed by atoms with van der Waals surface area (Å²) in [5, 5.41) is 4.34. The smallest absolute Gasteiger partial charge is 0.257 e. The van der Waals surface area contributed by atoms with Crippen molar-refractivity contribution in [3.8, 4) is 11.3 Å². The van der Waals surface area contributed by atoms with Crippen LogP contribution in [0.1, 0.15) is 32.9 Å². The van der Waals surface area contributed by atoms with Gasteiger partial charge in [-0.3, -0.25) is 9.59 Å². The Kier molecular flexibility index (Phi) is 4.99. The molecule has 1 amide bonds. The summed E-state index contributed by atoms with van der Waals surface area (Å²) >= 11 is 0. The van der Waals surface area contributed by atoms with Crippen molar-refractivity contribution in [2.24, 2.45) is 0 Å². The number of benzene rings is 2. The number of hydrogen-bond acceptors (Lipinski definition) is 5. The Hall–Kier alpha value is -3.67. The zero-order valence-electron chi connectivity index (χ0n) is 17.4. The van der Waals surface area contributed by atoms with E-state index < -0.39 is 0 Å². The molecule has 30 heavy (non-hydrogen) atoms. The van der Waals surface area contributed by atoms with Gasteiger partial charge in [-0.05, 0) is 32.9 Å². The van der Waals surface area contributed by atoms with E-state index in [0.717, 1.165) is 16.8 Å². The van der Waals surface area contributed by atoms with Gasteiger partial charge in [0.1, 0.15) is 11.5 Å². The van der Waals surface area contributed by atoms with Crippen LogP contribution in [0.4, 0.5) is 0 Å². The second kappa shape index (κ2) is 7.63. The highest BCUT2D eigenvalue weighted by atomic mass is 16.5. The number of aryl methyl sites for hydroxylation is 2. The molecule has 0 fully saturated rings. The minimum Gasteiger partial charge on any atom is -0.455 e. The van der Waals surface area contributed by atoms with Gasteiger partial charge in [-0.2, -0.15) is 0 Å². The Morgan fingerprint density at radius 1 is 1.03 bits per heavy atom. The van der Waals surface area contributed by atoms with Crippen LogP contribution in [-0.2, 0) is 6.54 Å². The van der Waals surface area contributed by atoms with E-state index in [1.165, 1.54) is 0 Å². The number of carbonyl (C=O) groups excluding carboxylic acids is 1. The summed E-state index contributed by atoms with van der Waals surface area (Å²) in [5.74, 6) is 0.909. The second-order valence-corrected chi connectivity index (χ2v) is 7.40. The average molecular weight is 402 g/mol. The van der Waals surface area contributed by atoms with E-state index in [1.54, 1.807) is 37.1 Å². The first-order valence-corrected chi connectivity index (χ1v) is 9.67. The predicted octanol–water partition coefficient (Wildman–Crippen LogP) is 4.65. The monoisotopic (exact) mass is 402 g/mol. The van der Waals surface area contributed by atoms with Crippen LogP contribution in [-0.4, -0.2) is 23.0 Å². The van der Waals surface area contributed by atoms with Crippen LogP contribution >= 0.6 is 0 Å². The molecule has 0 saturated carbocycles. The topological polar surface area (TPSA) is 76.6 Å². The molecule has 0 unspecified atom stereocenters. The molecule has 0 bridgehead atoms. The van der Waals surface area contributed by atoms with Crippen molar-refractivity contribution in [1.29, 1.82) is 0 Å². The van der Waals surface area contributed by atoms with Gasteiger partial charge in [0.15, 0.2) is 11.0 Å². The minimum atomic E-state index is -0.244. The van der Waals surface area contributed by atoms with Crippen molar-refractivity contribution in [1.82, 2.24) is 10.1 Å². The molecule has 0 aliphatic carbocycles. The molecule has 2 aromatic carbocycles. The molecule has 4 aromatic rings. The van der Waals surface area contributed by atoms with Crippen molar-refractivity contribution >= 4 is 16.9 Å². The maximum Gasteiger partial charge on any atom is 0.257 e. The van der Waals surface area contributed by atoms with E-state index in [9.17, 15) is 9.59 Å². The number of amides is 1. The van der Waals surface area contributed by atoms with E-state index in [2.05, 4.69) is 5.16 Å². The third-order valence-corrected chi connectivity index (χ3v) is 5.33. The Morgan fingerprint density at radius 2 is 1.77 bits per heavy atom. The molecule has 0 aliphatic heterocycles. The van der Waals surface area contributed by atoms with Gasteiger partial charge in [0, 0.05) is 23.7 Å². The van der Waals surface area contributed by atoms with Crippen LogP contribution < -0.4 is 5.43 Å². The largest absolute Gasteiger partial charge is 0.455 e. The van der Waals surface area contributed by atoms with Crippen LogP contribution in [0.25, 0.3) is 22.3 Å². The van der Waals surface area contributed by atoms with Crippen LogP contribution in [0.15, 0.2) is 62.3 Å². The van der Waals surface area contributed by atoms with Gasteiger partial charge in [0.2, 0.25) is 0 Å². The van der Waals surface area contributed by atoms with Gasteiger partial charge in [-0.15, -0.1) is 0 Å². The number of rotatable bonds is 4. The Labute approximate surface area is 173 Å². The highest BCUT2D eigenvalue weighted by Crippen LogP contribution is 2.28. The van der Waals surface area contributed by atoms with Crippen molar-refractivity contribution in [2.75, 3.05) is 7.05 Å². The fourth-order valence-electron chi connectivity index (χ4n) is 3.59. The van der Waals surface area contributed by atoms with E-state index >= 15 is 0 Å². The maximum atomic E-state index is 13.3. The fourth-order valence-corrected chi connectivity index (χ4v) is 3.59. The maximum absolute atomic E-state index is 13.3. The van der Waals surface area contributed by atoms with Gasteiger partial charge in [-0.25, -0.2) is 0 Å². The molecule has 0 N–H and O–H groups in total. The Balaban J connectivity index is 1.82. The Morgan fingerprint density at radius 3 is 2.43 bits per heavy atom. The summed E-state index contributed by atoms with van der Waals surface area (Å²) in [6.07, 6.45) is 0. The molecular formula is C24H22N2O4. The van der Waals surface area contributed by atoms with Gasteiger partial charge in [0.25, 0.3) is 5.91 Å². The predicted molar refractivity (Wildman–Crippen MR) is 114 cm³/mol. The first kappa shape index (κ1) is 19.6. The third-order valence-electron chi connectivity index (χ3n) is 5.33. The van der Waals surface area contributed by atoms with E-state index in [0.29, 0.717) is 40.2 Å². The summed E-state index contributed by atoms with van der Waals surface area (Å²) in [4.78, 5) is 27.8. The van der Waals surface area contributed by atoms with E-state index in [1.807, 2.05) is 44.2 Å². The number of para-hydroxylation sites is 1. The summed E-state index contributed by atoms with van der Waals surface area (Å²) in [7, 11) is 1.71. The summed E-state index contributed by atoms with van der Waals surface area (Å²) in [6.45, 7) is 5.75. The van der Waals surface area contributed by atoms with Crippen LogP contribution in [0.2, 0.25) is 0 Å². The first-order chi connectivity index (χ1) is 14.4. The molecule has 2 heterocycles. The zero-order chi connectivity index (χ0) is 21.4. The Bertz CT molecular complexity index is 1280. The van der Waals surface area contributed by atoms with E-state index in [4.69, 9.17) is 8.94 Å². The van der Waals surface area contributed by atoms with Crippen LogP contribution in [0.5, 0.6) is 0 Å². The lowest BCUT2D eigenvalue weighted by molar-refractivity contribution is 0.0785. The molecule has 152 valence electrons. The number of fused-ring (bicyclic) bond motifs is 1. The summed E-state index contributed by atoms with van der Waals surface area (Å²) < 4.78 is 11.4. The van der Waals surface area contributed by atoms with Crippen molar-refractivity contribution < 1.29 is 13.7 Å². The lowest BCUT2D eigenvalue weighted by Crippen LogP contribution is -2.27. The molecule has 0 radical (unpaired) electrons. The lowest BCUT2D eigenvalue weighted by Gasteiger charge is -2.18. The highest BCUT2D eigenvalue weighted by molar-refractivity contribution is 6.05. The third kappa shape index (κ3) is 3.30. The van der Waals surface area contributed by atoms with Gasteiger partial charge >= 0.3 is 0 Å². The first-order valence-electron chi connectivity index (χ1n) is 9.67. The fraction of sp³-hybridized carbons (Fsp3) is 0.208. The van der Waals surface area contributed by atoms with Gasteiger partial charge in [-0.1, -0.05) is 41.6 Å². The van der Waals surface area contributed by atoms with Crippen molar-refractivity contribution in [3.05, 3.63) is 86.9 Å². The standard InChI is InChI=1S/C24H22N2O4/c1-14-21(27)18-11-8-12-19(23(18)29-22(14)17-9-6-5-7-10-17)24(28)26(4)13-20-15(2)25-30-16(20)3/h5-12H,13H2,1-4H3. The lowest BCUT2D eigenvalue weighted by atomic mass is 10.0. The number of hydrogen-bond donors (Lipinski definition) is 0. The molecule has 2 aromatic heterocycles. The molecule has 0 spiro atoms. The molecule has 0 atom stereocenters. The number of aromatic nitrogens is 1. The zero-order valence-corrected chi connectivity index (χ0v) is 17.4. The molecule has 6 heteroatoms. The molecular weight excluding hydrogens is 380 g/mol. The van der Waals surface area contributed by atoms with Crippen molar-refractivity contribution in [2.45, 2.75) is 27.3 Å². The van der Waals surface area contributed by atoms with Crippen molar-refractivity contribution in [3.63, 3.8) is 0 Å². The second-order valence-electron chi connectivity index (χ2n) is 7.40. The minimum absolute atomic E-state index is 0.141. The molecule has 4 rings (SSSR count). The normalized spacial score (nSPS) is 11.1. The SMILES string of the molecule is Cc1noc(C)c1CN(C)C(=O)c1cccc2c(=O)c(C)c(-c3ccccc3)oc12. The highest BCUT2D eigenvalue weighted by Gasteiger charge is 2.22. The number of carbonyl (C=O) groups is 1. The molecule has 0 aliphatic rings.